The number of anilines is 2. The third-order valence-corrected chi connectivity index (χ3v) is 7.22. The molecule has 2 fully saturated rings. The lowest BCUT2D eigenvalue weighted by Gasteiger charge is -2.19. The van der Waals surface area contributed by atoms with Gasteiger partial charge in [-0.25, -0.2) is 9.69 Å². The molecule has 7 heteroatoms. The lowest BCUT2D eigenvalue weighted by molar-refractivity contribution is -0.123. The highest BCUT2D eigenvalue weighted by Crippen LogP contribution is 2.55. The minimum Gasteiger partial charge on any atom is -0.452 e. The maximum Gasteiger partial charge on any atom is 0.338 e. The number of aryl methyl sites for hydroxylation is 2. The molecule has 5 rings (SSSR count). The van der Waals surface area contributed by atoms with Crippen molar-refractivity contribution in [2.45, 2.75) is 27.2 Å². The molecule has 34 heavy (non-hydrogen) atoms. The van der Waals surface area contributed by atoms with Crippen LogP contribution in [0.4, 0.5) is 11.4 Å². The van der Waals surface area contributed by atoms with Gasteiger partial charge in [-0.05, 0) is 74.4 Å². The zero-order chi connectivity index (χ0) is 24.1. The predicted octanol–water partition coefficient (Wildman–Crippen LogP) is 3.80. The summed E-state index contributed by atoms with van der Waals surface area (Å²) in [5.41, 5.74) is 4.29. The number of carbonyl (C=O) groups excluding carboxylic acids is 4. The lowest BCUT2D eigenvalue weighted by atomic mass is 9.82. The van der Waals surface area contributed by atoms with Crippen molar-refractivity contribution in [3.63, 3.8) is 0 Å². The summed E-state index contributed by atoms with van der Waals surface area (Å²) in [6.07, 6.45) is 2.99. The van der Waals surface area contributed by atoms with Crippen molar-refractivity contribution < 1.29 is 23.9 Å². The Balaban J connectivity index is 1.26. The van der Waals surface area contributed by atoms with Gasteiger partial charge in [-0.15, -0.1) is 0 Å². The minimum absolute atomic E-state index is 0.111. The molecule has 1 aliphatic heterocycles. The summed E-state index contributed by atoms with van der Waals surface area (Å²) < 4.78 is 5.19. The summed E-state index contributed by atoms with van der Waals surface area (Å²) in [6.45, 7) is 5.38. The number of ether oxygens (including phenoxy) is 1. The summed E-state index contributed by atoms with van der Waals surface area (Å²) in [4.78, 5) is 52.4. The summed E-state index contributed by atoms with van der Waals surface area (Å²) in [6, 6.07) is 12.0. The fourth-order valence-corrected chi connectivity index (χ4v) is 5.57. The highest BCUT2D eigenvalue weighted by atomic mass is 16.5. The van der Waals surface area contributed by atoms with Gasteiger partial charge in [0.05, 0.1) is 23.1 Å². The average Bonchev–Trinajstić information content (AvgIpc) is 3.45. The number of carbonyl (C=O) groups is 4. The maximum atomic E-state index is 13.2. The Morgan fingerprint density at radius 2 is 1.79 bits per heavy atom. The molecule has 0 aromatic heterocycles. The Labute approximate surface area is 197 Å². The van der Waals surface area contributed by atoms with Gasteiger partial charge >= 0.3 is 5.97 Å². The van der Waals surface area contributed by atoms with E-state index in [0.717, 1.165) is 17.5 Å². The second-order valence-electron chi connectivity index (χ2n) is 9.47. The van der Waals surface area contributed by atoms with Crippen LogP contribution in [0.25, 0.3) is 0 Å². The van der Waals surface area contributed by atoms with E-state index in [0.29, 0.717) is 11.4 Å². The molecule has 0 unspecified atom stereocenters. The van der Waals surface area contributed by atoms with Crippen molar-refractivity contribution in [3.8, 4) is 0 Å². The van der Waals surface area contributed by atoms with Gasteiger partial charge in [0.1, 0.15) is 0 Å². The average molecular weight is 459 g/mol. The number of benzene rings is 2. The van der Waals surface area contributed by atoms with Gasteiger partial charge in [0.2, 0.25) is 11.8 Å². The monoisotopic (exact) mass is 458 g/mol. The molecule has 2 aromatic rings. The van der Waals surface area contributed by atoms with Crippen LogP contribution in [0.15, 0.2) is 54.1 Å². The van der Waals surface area contributed by atoms with Gasteiger partial charge in [0.15, 0.2) is 6.61 Å². The van der Waals surface area contributed by atoms with Crippen molar-refractivity contribution in [1.29, 1.82) is 0 Å². The highest BCUT2D eigenvalue weighted by molar-refractivity contribution is 6.23. The van der Waals surface area contributed by atoms with E-state index >= 15 is 0 Å². The van der Waals surface area contributed by atoms with Crippen LogP contribution in [0.5, 0.6) is 0 Å². The van der Waals surface area contributed by atoms with E-state index in [1.165, 1.54) is 22.6 Å². The fraction of sp³-hybridized carbons (Fsp3) is 0.333. The number of imide groups is 1. The molecule has 3 aliphatic rings. The Morgan fingerprint density at radius 1 is 1.03 bits per heavy atom. The quantitative estimate of drug-likeness (QED) is 0.418. The summed E-state index contributed by atoms with van der Waals surface area (Å²) in [7, 11) is 0. The van der Waals surface area contributed by atoms with E-state index in [1.807, 2.05) is 39.0 Å². The van der Waals surface area contributed by atoms with Gasteiger partial charge in [-0.2, -0.15) is 0 Å². The Kier molecular flexibility index (Phi) is 5.35. The summed E-state index contributed by atoms with van der Waals surface area (Å²) >= 11 is 0. The van der Waals surface area contributed by atoms with Crippen LogP contribution in [-0.2, 0) is 19.1 Å². The number of hydrogen-bond donors (Lipinski definition) is 1. The Bertz CT molecular complexity index is 1260. The number of rotatable bonds is 5. The Morgan fingerprint density at radius 3 is 2.59 bits per heavy atom. The molecule has 0 spiro atoms. The van der Waals surface area contributed by atoms with Gasteiger partial charge in [0, 0.05) is 5.69 Å². The minimum atomic E-state index is -0.699. The molecule has 1 heterocycles. The van der Waals surface area contributed by atoms with Crippen LogP contribution < -0.4 is 10.2 Å². The molecular weight excluding hydrogens is 432 g/mol. The smallest absolute Gasteiger partial charge is 0.338 e. The van der Waals surface area contributed by atoms with Gasteiger partial charge < -0.3 is 10.1 Å². The van der Waals surface area contributed by atoms with E-state index in [1.54, 1.807) is 12.1 Å². The van der Waals surface area contributed by atoms with Gasteiger partial charge in [-0.1, -0.05) is 29.8 Å². The van der Waals surface area contributed by atoms with Crippen molar-refractivity contribution >= 4 is 35.1 Å². The number of amides is 3. The SMILES string of the molecule is CC1=C[C@H]2C[C@H]1[C@H]1C(=O)N(c3cccc(C(=O)OCC(=O)Nc4cc(C)ccc4C)c3)C(=O)[C@@H]12. The van der Waals surface area contributed by atoms with Gasteiger partial charge in [0.25, 0.3) is 5.91 Å². The largest absolute Gasteiger partial charge is 0.452 e. The van der Waals surface area contributed by atoms with Crippen molar-refractivity contribution in [1.82, 2.24) is 0 Å². The van der Waals surface area contributed by atoms with Gasteiger partial charge in [-0.3, -0.25) is 14.4 Å². The highest BCUT2D eigenvalue weighted by Gasteiger charge is 2.60. The molecule has 1 saturated heterocycles. The number of fused-ring (bicyclic) bond motifs is 5. The third kappa shape index (κ3) is 3.61. The normalized spacial score (nSPS) is 24.8. The molecule has 1 N–H and O–H groups in total. The first-order chi connectivity index (χ1) is 16.2. The molecule has 174 valence electrons. The van der Waals surface area contributed by atoms with Crippen LogP contribution in [0.2, 0.25) is 0 Å². The number of esters is 1. The van der Waals surface area contributed by atoms with E-state index in [9.17, 15) is 19.2 Å². The molecule has 2 bridgehead atoms. The molecule has 2 aliphatic carbocycles. The van der Waals surface area contributed by atoms with Crippen LogP contribution in [0.3, 0.4) is 0 Å². The van der Waals surface area contributed by atoms with Crippen LogP contribution >= 0.6 is 0 Å². The fourth-order valence-electron chi connectivity index (χ4n) is 5.57. The lowest BCUT2D eigenvalue weighted by Crippen LogP contribution is -2.33. The van der Waals surface area contributed by atoms with E-state index in [2.05, 4.69) is 11.4 Å². The zero-order valence-electron chi connectivity index (χ0n) is 19.3. The number of allylic oxidation sites excluding steroid dienone is 2. The predicted molar refractivity (Wildman–Crippen MR) is 126 cm³/mol. The molecule has 7 nitrogen and oxygen atoms in total. The number of hydrogen-bond acceptors (Lipinski definition) is 5. The molecule has 0 radical (unpaired) electrons. The van der Waals surface area contributed by atoms with Crippen LogP contribution in [-0.4, -0.2) is 30.3 Å². The second-order valence-corrected chi connectivity index (χ2v) is 9.47. The third-order valence-electron chi connectivity index (χ3n) is 7.22. The summed E-state index contributed by atoms with van der Waals surface area (Å²) in [5.74, 6) is -1.94. The first-order valence-corrected chi connectivity index (χ1v) is 11.4. The summed E-state index contributed by atoms with van der Waals surface area (Å²) in [5, 5.41) is 2.75. The zero-order valence-corrected chi connectivity index (χ0v) is 19.3. The first kappa shape index (κ1) is 22.1. The molecule has 1 saturated carbocycles. The Hall–Kier alpha value is -3.74. The van der Waals surface area contributed by atoms with E-state index < -0.39 is 18.5 Å². The number of nitrogens with zero attached hydrogens (tertiary/aromatic N) is 1. The standard InChI is InChI=1S/C27H26N2O5/c1-14-7-8-15(2)21(9-14)28-22(30)13-34-27(33)17-5-4-6-19(11-17)29-25(31)23-18-10-16(3)20(12-18)24(23)26(29)32/h4-11,18,20,23-24H,12-13H2,1-3H3,(H,28,30)/t18-,20+,23+,24+/m0/s1. The number of nitrogens with one attached hydrogen (secondary N) is 1. The maximum absolute atomic E-state index is 13.2. The first-order valence-electron chi connectivity index (χ1n) is 11.4. The van der Waals surface area contributed by atoms with E-state index in [4.69, 9.17) is 4.74 Å². The van der Waals surface area contributed by atoms with Crippen molar-refractivity contribution in [3.05, 3.63) is 70.8 Å². The van der Waals surface area contributed by atoms with Crippen molar-refractivity contribution in [2.75, 3.05) is 16.8 Å². The van der Waals surface area contributed by atoms with E-state index in [-0.39, 0.29) is 41.0 Å². The topological polar surface area (TPSA) is 92.8 Å². The molecule has 3 amide bonds. The van der Waals surface area contributed by atoms with Crippen LogP contribution in [0, 0.1) is 37.5 Å². The molecule has 2 aromatic carbocycles. The van der Waals surface area contributed by atoms with Crippen LogP contribution in [0.1, 0.15) is 34.8 Å². The van der Waals surface area contributed by atoms with Crippen molar-refractivity contribution in [2.24, 2.45) is 23.7 Å². The molecule has 4 atom stereocenters. The second kappa shape index (κ2) is 8.24. The molecular formula is C27H26N2O5.